The summed E-state index contributed by atoms with van der Waals surface area (Å²) in [5, 5.41) is 28.1. The van der Waals surface area contributed by atoms with E-state index in [1.54, 1.807) is 0 Å². The maximum atomic E-state index is 12.6. The van der Waals surface area contributed by atoms with Crippen LogP contribution in [0.4, 0.5) is 0 Å². The number of phosphoric acid groups is 1. The Bertz CT molecular complexity index is 1060. The predicted molar refractivity (Wildman–Crippen MR) is 216 cm³/mol. The van der Waals surface area contributed by atoms with Crippen LogP contribution in [0, 0.1) is 0 Å². The Morgan fingerprint density at radius 2 is 1.11 bits per heavy atom. The lowest BCUT2D eigenvalue weighted by Crippen LogP contribution is -2.29. The molecule has 0 saturated heterocycles. The van der Waals surface area contributed by atoms with Crippen molar-refractivity contribution in [3.8, 4) is 0 Å². The summed E-state index contributed by atoms with van der Waals surface area (Å²) in [5.41, 5.74) is 0. The Morgan fingerprint density at radius 3 is 1.69 bits per heavy atom. The average Bonchev–Trinajstić information content (AvgIpc) is 3.15. The lowest BCUT2D eigenvalue weighted by molar-refractivity contribution is -0.161. The van der Waals surface area contributed by atoms with Gasteiger partial charge in [-0.25, -0.2) is 4.57 Å². The fourth-order valence-electron chi connectivity index (χ4n) is 5.30. The summed E-state index contributed by atoms with van der Waals surface area (Å²) in [5.74, 6) is -1.01. The van der Waals surface area contributed by atoms with Crippen LogP contribution >= 0.6 is 7.82 Å². The number of rotatable bonds is 38. The molecule has 0 aromatic rings. The Hall–Kier alpha value is -2.11. The SMILES string of the molecule is CCCCCCCCCCCCCCCC(=O)O[C@H](COC(=O)CCC/C=C\C/C=C\C/C=C\C/C=C\[C@@H](O)CCCC)COP(=O)(O)OC[C@@H](O)CO. The maximum Gasteiger partial charge on any atom is 0.472 e. The van der Waals surface area contributed by atoms with Gasteiger partial charge in [0.1, 0.15) is 12.7 Å². The average molecular weight is 787 g/mol. The van der Waals surface area contributed by atoms with Crippen LogP contribution in [-0.4, -0.2) is 76.9 Å². The molecule has 1 unspecified atom stereocenters. The molecule has 12 heteroatoms. The number of allylic oxidation sites excluding steroid dienone is 7. The molecule has 0 amide bonds. The zero-order valence-corrected chi connectivity index (χ0v) is 34.4. The number of carbonyl (C=O) groups is 2. The lowest BCUT2D eigenvalue weighted by atomic mass is 10.0. The van der Waals surface area contributed by atoms with Gasteiger partial charge in [-0.15, -0.1) is 0 Å². The number of aliphatic hydroxyl groups excluding tert-OH is 3. The van der Waals surface area contributed by atoms with Gasteiger partial charge in [0.25, 0.3) is 0 Å². The molecule has 54 heavy (non-hydrogen) atoms. The molecule has 314 valence electrons. The summed E-state index contributed by atoms with van der Waals surface area (Å²) in [4.78, 5) is 34.9. The van der Waals surface area contributed by atoms with E-state index >= 15 is 0 Å². The van der Waals surface area contributed by atoms with Crippen molar-refractivity contribution in [2.75, 3.05) is 26.4 Å². The molecule has 0 aliphatic heterocycles. The Labute approximate surface area is 326 Å². The Kier molecular flexibility index (Phi) is 36.3. The van der Waals surface area contributed by atoms with E-state index in [4.69, 9.17) is 19.1 Å². The van der Waals surface area contributed by atoms with Gasteiger partial charge in [-0.05, 0) is 44.9 Å². The largest absolute Gasteiger partial charge is 0.472 e. The van der Waals surface area contributed by atoms with E-state index in [-0.39, 0.29) is 25.6 Å². The molecule has 0 heterocycles. The molecule has 0 saturated carbocycles. The molecule has 4 atom stereocenters. The molecule has 11 nitrogen and oxygen atoms in total. The second kappa shape index (κ2) is 37.8. The first kappa shape index (κ1) is 51.9. The summed E-state index contributed by atoms with van der Waals surface area (Å²) in [6.07, 6.45) is 35.6. The van der Waals surface area contributed by atoms with Gasteiger partial charge in [0.15, 0.2) is 6.10 Å². The minimum Gasteiger partial charge on any atom is -0.462 e. The minimum atomic E-state index is -4.63. The lowest BCUT2D eigenvalue weighted by Gasteiger charge is -2.20. The van der Waals surface area contributed by atoms with Crippen LogP contribution < -0.4 is 0 Å². The first-order valence-electron chi connectivity index (χ1n) is 20.7. The summed E-state index contributed by atoms with van der Waals surface area (Å²) >= 11 is 0. The van der Waals surface area contributed by atoms with E-state index in [0.717, 1.165) is 57.8 Å². The molecule has 4 N–H and O–H groups in total. The van der Waals surface area contributed by atoms with E-state index in [1.807, 2.05) is 24.3 Å². The monoisotopic (exact) mass is 787 g/mol. The van der Waals surface area contributed by atoms with Crippen LogP contribution in [-0.2, 0) is 32.7 Å². The van der Waals surface area contributed by atoms with Gasteiger partial charge >= 0.3 is 19.8 Å². The number of unbranched alkanes of at least 4 members (excludes halogenated alkanes) is 14. The minimum absolute atomic E-state index is 0.149. The van der Waals surface area contributed by atoms with Crippen molar-refractivity contribution < 1.29 is 52.9 Å². The fraction of sp³-hybridized carbons (Fsp3) is 0.762. The van der Waals surface area contributed by atoms with Gasteiger partial charge in [0.2, 0.25) is 0 Å². The fourth-order valence-corrected chi connectivity index (χ4v) is 6.09. The highest BCUT2D eigenvalue weighted by Gasteiger charge is 2.27. The number of carbonyl (C=O) groups excluding carboxylic acids is 2. The first-order chi connectivity index (χ1) is 26.1. The molecular formula is C42H75O11P. The third-order valence-electron chi connectivity index (χ3n) is 8.56. The predicted octanol–water partition coefficient (Wildman–Crippen LogP) is 9.53. The van der Waals surface area contributed by atoms with Crippen LogP contribution in [0.5, 0.6) is 0 Å². The van der Waals surface area contributed by atoms with Crippen LogP contribution in [0.3, 0.4) is 0 Å². The summed E-state index contributed by atoms with van der Waals surface area (Å²) < 4.78 is 32.6. The second-order valence-electron chi connectivity index (χ2n) is 13.8. The Balaban J connectivity index is 4.44. The summed E-state index contributed by atoms with van der Waals surface area (Å²) in [6.45, 7) is 2.14. The van der Waals surface area contributed by atoms with E-state index < -0.39 is 51.8 Å². The number of hydrogen-bond donors (Lipinski definition) is 4. The Morgan fingerprint density at radius 1 is 0.611 bits per heavy atom. The number of aliphatic hydroxyl groups is 3. The zero-order valence-electron chi connectivity index (χ0n) is 33.5. The second-order valence-corrected chi connectivity index (χ2v) is 15.3. The zero-order chi connectivity index (χ0) is 40.0. The van der Waals surface area contributed by atoms with Crippen LogP contribution in [0.25, 0.3) is 0 Å². The van der Waals surface area contributed by atoms with Crippen molar-refractivity contribution in [3.63, 3.8) is 0 Å². The van der Waals surface area contributed by atoms with Gasteiger partial charge in [0, 0.05) is 12.8 Å². The van der Waals surface area contributed by atoms with Crippen molar-refractivity contribution in [2.45, 2.75) is 180 Å². The van der Waals surface area contributed by atoms with Crippen LogP contribution in [0.2, 0.25) is 0 Å². The normalized spacial score (nSPS) is 15.0. The molecule has 0 aromatic heterocycles. The standard InChI is InChI=1S/C42H75O11P/c1-3-5-7-8-9-10-11-12-17-20-23-26-29-33-42(47)53-40(37-52-54(48,49)51-35-39(45)34-43)36-50-41(46)32-28-25-22-19-16-14-13-15-18-21-24-27-31-38(44)30-6-4-2/h13-14,18-19,21-22,27,31,38-40,43-45H,3-12,15-17,20,23-26,28-30,32-37H2,1-2H3,(H,48,49)/b14-13-,21-18-,22-19-,31-27-/t38-,39-,40+/m0/s1. The number of esters is 2. The van der Waals surface area contributed by atoms with Crippen LogP contribution in [0.15, 0.2) is 48.6 Å². The van der Waals surface area contributed by atoms with Crippen molar-refractivity contribution in [2.24, 2.45) is 0 Å². The highest BCUT2D eigenvalue weighted by molar-refractivity contribution is 7.47. The smallest absolute Gasteiger partial charge is 0.462 e. The van der Waals surface area contributed by atoms with Gasteiger partial charge in [-0.2, -0.15) is 0 Å². The highest BCUT2D eigenvalue weighted by Crippen LogP contribution is 2.43. The molecule has 0 radical (unpaired) electrons. The van der Waals surface area contributed by atoms with Crippen molar-refractivity contribution in [1.82, 2.24) is 0 Å². The summed E-state index contributed by atoms with van der Waals surface area (Å²) in [7, 11) is -4.63. The van der Waals surface area contributed by atoms with Crippen molar-refractivity contribution in [3.05, 3.63) is 48.6 Å². The maximum absolute atomic E-state index is 12.6. The van der Waals surface area contributed by atoms with Gasteiger partial charge in [-0.1, -0.05) is 152 Å². The van der Waals surface area contributed by atoms with Crippen molar-refractivity contribution >= 4 is 19.8 Å². The molecular weight excluding hydrogens is 711 g/mol. The molecule has 0 aliphatic rings. The topological polar surface area (TPSA) is 169 Å². The molecule has 0 spiro atoms. The number of ether oxygens (including phenoxy) is 2. The quantitative estimate of drug-likeness (QED) is 0.0204. The molecule has 0 bridgehead atoms. The van der Waals surface area contributed by atoms with E-state index in [1.165, 1.54) is 57.8 Å². The first-order valence-corrected chi connectivity index (χ1v) is 22.2. The third-order valence-corrected chi connectivity index (χ3v) is 9.51. The van der Waals surface area contributed by atoms with Gasteiger partial charge in [-0.3, -0.25) is 18.6 Å². The van der Waals surface area contributed by atoms with Gasteiger partial charge in [0.05, 0.1) is 25.9 Å². The van der Waals surface area contributed by atoms with Crippen LogP contribution in [0.1, 0.15) is 162 Å². The third kappa shape index (κ3) is 36.8. The molecule has 0 fully saturated rings. The van der Waals surface area contributed by atoms with E-state index in [2.05, 4.69) is 42.7 Å². The van der Waals surface area contributed by atoms with E-state index in [9.17, 15) is 29.3 Å². The molecule has 0 aromatic carbocycles. The van der Waals surface area contributed by atoms with E-state index in [0.29, 0.717) is 19.3 Å². The highest BCUT2D eigenvalue weighted by atomic mass is 31.2. The molecule has 0 rings (SSSR count). The van der Waals surface area contributed by atoms with Gasteiger partial charge < -0.3 is 29.7 Å². The van der Waals surface area contributed by atoms with Crippen molar-refractivity contribution in [1.29, 1.82) is 0 Å². The molecule has 0 aliphatic carbocycles. The summed E-state index contributed by atoms with van der Waals surface area (Å²) in [6, 6.07) is 0. The number of hydrogen-bond acceptors (Lipinski definition) is 10. The number of phosphoric ester groups is 1.